The summed E-state index contributed by atoms with van der Waals surface area (Å²) in [6, 6.07) is 10.9. The average molecular weight is 258 g/mol. The van der Waals surface area contributed by atoms with Crippen molar-refractivity contribution in [2.24, 2.45) is 5.92 Å². The van der Waals surface area contributed by atoms with Crippen molar-refractivity contribution in [3.8, 4) is 11.8 Å². The largest absolute Gasteiger partial charge is 0.497 e. The van der Waals surface area contributed by atoms with Crippen molar-refractivity contribution < 1.29 is 4.74 Å². The fourth-order valence-electron chi connectivity index (χ4n) is 2.70. The van der Waals surface area contributed by atoms with Gasteiger partial charge in [0.1, 0.15) is 5.75 Å². The van der Waals surface area contributed by atoms with Gasteiger partial charge in [0.25, 0.3) is 0 Å². The quantitative estimate of drug-likeness (QED) is 0.843. The second-order valence-electron chi connectivity index (χ2n) is 5.21. The normalized spacial score (nSPS) is 23.4. The zero-order valence-electron chi connectivity index (χ0n) is 11.6. The maximum absolute atomic E-state index is 9.25. The Kier molecular flexibility index (Phi) is 5.23. The van der Waals surface area contributed by atoms with E-state index in [9.17, 15) is 5.26 Å². The minimum absolute atomic E-state index is 0.167. The van der Waals surface area contributed by atoms with Gasteiger partial charge in [0.05, 0.1) is 19.1 Å². The molecular weight excluding hydrogens is 236 g/mol. The van der Waals surface area contributed by atoms with Gasteiger partial charge in [-0.15, -0.1) is 0 Å². The second kappa shape index (κ2) is 7.16. The van der Waals surface area contributed by atoms with Crippen molar-refractivity contribution in [2.75, 3.05) is 7.11 Å². The van der Waals surface area contributed by atoms with E-state index >= 15 is 0 Å². The molecule has 0 aliphatic heterocycles. The predicted octanol–water partition coefficient (Wildman–Crippen LogP) is 3.26. The SMILES string of the molecule is COc1ccc(CNC2CCCCCC2C#N)cc1. The van der Waals surface area contributed by atoms with E-state index in [-0.39, 0.29) is 5.92 Å². The maximum atomic E-state index is 9.25. The van der Waals surface area contributed by atoms with Crippen LogP contribution in [0.4, 0.5) is 0 Å². The van der Waals surface area contributed by atoms with E-state index in [1.165, 1.54) is 24.8 Å². The van der Waals surface area contributed by atoms with Gasteiger partial charge in [0.2, 0.25) is 0 Å². The highest BCUT2D eigenvalue weighted by Crippen LogP contribution is 2.23. The number of hydrogen-bond acceptors (Lipinski definition) is 3. The van der Waals surface area contributed by atoms with Gasteiger partial charge >= 0.3 is 0 Å². The Morgan fingerprint density at radius 2 is 1.95 bits per heavy atom. The second-order valence-corrected chi connectivity index (χ2v) is 5.21. The number of nitriles is 1. The first-order valence-corrected chi connectivity index (χ1v) is 7.09. The molecule has 3 heteroatoms. The van der Waals surface area contributed by atoms with Crippen molar-refractivity contribution >= 4 is 0 Å². The molecule has 1 fully saturated rings. The number of nitrogens with zero attached hydrogens (tertiary/aromatic N) is 1. The topological polar surface area (TPSA) is 45.0 Å². The van der Waals surface area contributed by atoms with Crippen LogP contribution >= 0.6 is 0 Å². The Bertz CT molecular complexity index is 421. The molecule has 0 heterocycles. The summed E-state index contributed by atoms with van der Waals surface area (Å²) in [7, 11) is 1.68. The lowest BCUT2D eigenvalue weighted by atomic mass is 9.96. The summed E-state index contributed by atoms with van der Waals surface area (Å²) in [6.07, 6.45) is 5.85. The first-order chi connectivity index (χ1) is 9.33. The summed E-state index contributed by atoms with van der Waals surface area (Å²) in [6.45, 7) is 0.826. The van der Waals surface area contributed by atoms with Crippen LogP contribution in [0.3, 0.4) is 0 Å². The molecule has 2 rings (SSSR count). The smallest absolute Gasteiger partial charge is 0.118 e. The summed E-state index contributed by atoms with van der Waals surface area (Å²) in [5.74, 6) is 1.05. The van der Waals surface area contributed by atoms with Crippen LogP contribution in [0.1, 0.15) is 37.7 Å². The van der Waals surface area contributed by atoms with E-state index in [1.807, 2.05) is 12.1 Å². The summed E-state index contributed by atoms with van der Waals surface area (Å²) in [5, 5.41) is 12.8. The van der Waals surface area contributed by atoms with Gasteiger partial charge in [0.15, 0.2) is 0 Å². The predicted molar refractivity (Wildman–Crippen MR) is 75.8 cm³/mol. The lowest BCUT2D eigenvalue weighted by Crippen LogP contribution is -2.34. The Balaban J connectivity index is 1.90. The molecule has 0 saturated heterocycles. The molecule has 0 radical (unpaired) electrons. The van der Waals surface area contributed by atoms with Crippen molar-refractivity contribution in [3.63, 3.8) is 0 Å². The fourth-order valence-corrected chi connectivity index (χ4v) is 2.70. The van der Waals surface area contributed by atoms with E-state index in [0.29, 0.717) is 6.04 Å². The van der Waals surface area contributed by atoms with Crippen LogP contribution in [-0.2, 0) is 6.54 Å². The number of benzene rings is 1. The highest BCUT2D eigenvalue weighted by atomic mass is 16.5. The molecule has 1 aliphatic carbocycles. The van der Waals surface area contributed by atoms with Crippen LogP contribution in [0.5, 0.6) is 5.75 Å². The van der Waals surface area contributed by atoms with Gasteiger partial charge in [0, 0.05) is 12.6 Å². The molecule has 1 N–H and O–H groups in total. The lowest BCUT2D eigenvalue weighted by Gasteiger charge is -2.21. The molecule has 0 amide bonds. The number of methoxy groups -OCH3 is 1. The van der Waals surface area contributed by atoms with E-state index < -0.39 is 0 Å². The molecule has 0 bridgehead atoms. The molecule has 3 nitrogen and oxygen atoms in total. The van der Waals surface area contributed by atoms with Gasteiger partial charge in [-0.3, -0.25) is 0 Å². The van der Waals surface area contributed by atoms with Crippen molar-refractivity contribution in [1.29, 1.82) is 5.26 Å². The van der Waals surface area contributed by atoms with Gasteiger partial charge in [-0.2, -0.15) is 5.26 Å². The van der Waals surface area contributed by atoms with E-state index in [1.54, 1.807) is 7.11 Å². The molecule has 1 aromatic carbocycles. The van der Waals surface area contributed by atoms with Crippen LogP contribution in [-0.4, -0.2) is 13.2 Å². The number of ether oxygens (including phenoxy) is 1. The summed E-state index contributed by atoms with van der Waals surface area (Å²) < 4.78 is 5.15. The van der Waals surface area contributed by atoms with Gasteiger partial charge in [-0.25, -0.2) is 0 Å². The first kappa shape index (κ1) is 13.9. The van der Waals surface area contributed by atoms with Crippen LogP contribution in [0.2, 0.25) is 0 Å². The van der Waals surface area contributed by atoms with Crippen molar-refractivity contribution in [3.05, 3.63) is 29.8 Å². The van der Waals surface area contributed by atoms with Crippen LogP contribution in [0.25, 0.3) is 0 Å². The van der Waals surface area contributed by atoms with E-state index in [4.69, 9.17) is 4.74 Å². The Morgan fingerprint density at radius 1 is 1.21 bits per heavy atom. The Morgan fingerprint density at radius 3 is 2.63 bits per heavy atom. The number of rotatable bonds is 4. The van der Waals surface area contributed by atoms with E-state index in [0.717, 1.165) is 25.1 Å². The molecule has 102 valence electrons. The standard InChI is InChI=1S/C16H22N2O/c1-19-15-9-7-13(8-10-15)12-18-16-6-4-2-3-5-14(16)11-17/h7-10,14,16,18H,2-6,12H2,1H3. The summed E-state index contributed by atoms with van der Waals surface area (Å²) in [5.41, 5.74) is 1.24. The lowest BCUT2D eigenvalue weighted by molar-refractivity contribution is 0.393. The summed E-state index contributed by atoms with van der Waals surface area (Å²) in [4.78, 5) is 0. The zero-order valence-corrected chi connectivity index (χ0v) is 11.6. The Labute approximate surface area is 115 Å². The molecule has 1 aliphatic rings. The molecule has 19 heavy (non-hydrogen) atoms. The molecule has 1 aromatic rings. The van der Waals surface area contributed by atoms with Crippen molar-refractivity contribution in [2.45, 2.75) is 44.7 Å². The third kappa shape index (κ3) is 3.97. The third-order valence-corrected chi connectivity index (χ3v) is 3.91. The average Bonchev–Trinajstić information content (AvgIpc) is 2.70. The van der Waals surface area contributed by atoms with Crippen LogP contribution in [0, 0.1) is 17.2 Å². The minimum atomic E-state index is 0.167. The van der Waals surface area contributed by atoms with E-state index in [2.05, 4.69) is 23.5 Å². The monoisotopic (exact) mass is 258 g/mol. The number of nitrogens with one attached hydrogen (secondary N) is 1. The molecular formula is C16H22N2O. The third-order valence-electron chi connectivity index (χ3n) is 3.91. The Hall–Kier alpha value is -1.53. The molecule has 1 saturated carbocycles. The highest BCUT2D eigenvalue weighted by molar-refractivity contribution is 5.27. The fraction of sp³-hybridized carbons (Fsp3) is 0.562. The minimum Gasteiger partial charge on any atom is -0.497 e. The van der Waals surface area contributed by atoms with Gasteiger partial charge in [-0.1, -0.05) is 31.4 Å². The van der Waals surface area contributed by atoms with Gasteiger partial charge < -0.3 is 10.1 Å². The molecule has 2 atom stereocenters. The molecule has 0 spiro atoms. The first-order valence-electron chi connectivity index (χ1n) is 7.09. The van der Waals surface area contributed by atoms with Gasteiger partial charge in [-0.05, 0) is 30.5 Å². The van der Waals surface area contributed by atoms with Crippen LogP contribution in [0.15, 0.2) is 24.3 Å². The highest BCUT2D eigenvalue weighted by Gasteiger charge is 2.22. The molecule has 2 unspecified atom stereocenters. The van der Waals surface area contributed by atoms with Crippen LogP contribution < -0.4 is 10.1 Å². The molecule has 0 aromatic heterocycles. The zero-order chi connectivity index (χ0) is 13.5. The van der Waals surface area contributed by atoms with Crippen molar-refractivity contribution in [1.82, 2.24) is 5.32 Å². The maximum Gasteiger partial charge on any atom is 0.118 e. The number of hydrogen-bond donors (Lipinski definition) is 1. The summed E-state index contributed by atoms with van der Waals surface area (Å²) >= 11 is 0.